The number of nitrogens with one attached hydrogen (secondary N) is 3. The van der Waals surface area contributed by atoms with E-state index in [4.69, 9.17) is 0 Å². The second kappa shape index (κ2) is 9.76. The van der Waals surface area contributed by atoms with Gasteiger partial charge in [-0.25, -0.2) is 4.39 Å². The van der Waals surface area contributed by atoms with E-state index in [2.05, 4.69) is 20.9 Å². The summed E-state index contributed by atoms with van der Waals surface area (Å²) in [6.45, 7) is 7.93. The van der Waals surface area contributed by atoms with Gasteiger partial charge in [-0.1, -0.05) is 6.07 Å². The quantitative estimate of drug-likeness (QED) is 0.405. The fraction of sp³-hybridized carbons (Fsp3) is 0.500. The molecule has 1 aromatic rings. The van der Waals surface area contributed by atoms with Gasteiger partial charge in [-0.2, -0.15) is 0 Å². The van der Waals surface area contributed by atoms with Crippen LogP contribution in [0.1, 0.15) is 25.0 Å². The molecule has 0 saturated heterocycles. The molecule has 0 heterocycles. The van der Waals surface area contributed by atoms with Crippen LogP contribution in [-0.2, 0) is 11.2 Å². The first-order chi connectivity index (χ1) is 10.5. The maximum atomic E-state index is 13.1. The minimum absolute atomic E-state index is 0.0458. The van der Waals surface area contributed by atoms with Crippen molar-refractivity contribution in [2.24, 2.45) is 4.99 Å². The van der Waals surface area contributed by atoms with Gasteiger partial charge in [0.2, 0.25) is 5.91 Å². The number of carbonyl (C=O) groups is 1. The van der Waals surface area contributed by atoms with E-state index in [1.54, 1.807) is 6.07 Å². The summed E-state index contributed by atoms with van der Waals surface area (Å²) >= 11 is 0. The number of rotatable bonds is 7. The molecule has 0 bridgehead atoms. The zero-order valence-corrected chi connectivity index (χ0v) is 13.5. The fourth-order valence-electron chi connectivity index (χ4n) is 1.99. The van der Waals surface area contributed by atoms with Crippen molar-refractivity contribution in [3.05, 3.63) is 35.1 Å². The highest BCUT2D eigenvalue weighted by Crippen LogP contribution is 2.10. The Hall–Kier alpha value is -2.11. The number of carbonyl (C=O) groups excluding carboxylic acids is 1. The molecule has 0 unspecified atom stereocenters. The van der Waals surface area contributed by atoms with Crippen LogP contribution in [0.15, 0.2) is 23.2 Å². The van der Waals surface area contributed by atoms with Crippen LogP contribution in [0.4, 0.5) is 4.39 Å². The standard InChI is InChI=1S/C16H25FN4O/c1-4-18-16(21-10-9-19-13(3)22)20-8-7-14-5-6-15(17)11-12(14)2/h5-6,11H,4,7-10H2,1-3H3,(H,19,22)(H2,18,20,21). The van der Waals surface area contributed by atoms with Gasteiger partial charge in [-0.15, -0.1) is 0 Å². The molecule has 0 fully saturated rings. The fourth-order valence-corrected chi connectivity index (χ4v) is 1.99. The molecule has 3 N–H and O–H groups in total. The summed E-state index contributed by atoms with van der Waals surface area (Å²) in [4.78, 5) is 15.3. The monoisotopic (exact) mass is 308 g/mol. The highest BCUT2D eigenvalue weighted by atomic mass is 19.1. The number of benzene rings is 1. The molecular weight excluding hydrogens is 283 g/mol. The molecule has 0 spiro atoms. The molecule has 5 nitrogen and oxygen atoms in total. The van der Waals surface area contributed by atoms with E-state index in [1.807, 2.05) is 13.8 Å². The number of amides is 1. The van der Waals surface area contributed by atoms with E-state index in [9.17, 15) is 9.18 Å². The van der Waals surface area contributed by atoms with E-state index in [0.29, 0.717) is 25.6 Å². The number of halogens is 1. The number of nitrogens with zero attached hydrogens (tertiary/aromatic N) is 1. The molecule has 1 amide bonds. The predicted molar refractivity (Wildman–Crippen MR) is 87.5 cm³/mol. The van der Waals surface area contributed by atoms with Gasteiger partial charge < -0.3 is 16.0 Å². The molecule has 0 aromatic heterocycles. The minimum Gasteiger partial charge on any atom is -0.357 e. The first kappa shape index (κ1) is 17.9. The van der Waals surface area contributed by atoms with Crippen LogP contribution < -0.4 is 16.0 Å². The summed E-state index contributed by atoms with van der Waals surface area (Å²) in [5.74, 6) is 0.459. The number of aliphatic imine (C=N–C) groups is 1. The lowest BCUT2D eigenvalue weighted by Crippen LogP contribution is -2.41. The van der Waals surface area contributed by atoms with E-state index in [0.717, 1.165) is 24.1 Å². The largest absolute Gasteiger partial charge is 0.357 e. The first-order valence-electron chi connectivity index (χ1n) is 7.54. The number of guanidine groups is 1. The Labute approximate surface area is 131 Å². The van der Waals surface area contributed by atoms with Crippen molar-refractivity contribution in [1.29, 1.82) is 0 Å². The smallest absolute Gasteiger partial charge is 0.216 e. The Balaban J connectivity index is 2.45. The van der Waals surface area contributed by atoms with Crippen LogP contribution in [0.5, 0.6) is 0 Å². The molecule has 1 rings (SSSR count). The summed E-state index contributed by atoms with van der Waals surface area (Å²) < 4.78 is 13.1. The van der Waals surface area contributed by atoms with Gasteiger partial charge in [0, 0.05) is 33.1 Å². The van der Waals surface area contributed by atoms with Crippen LogP contribution in [0.2, 0.25) is 0 Å². The second-order valence-electron chi connectivity index (χ2n) is 4.99. The Bertz CT molecular complexity index is 517. The van der Waals surface area contributed by atoms with Crippen molar-refractivity contribution in [2.75, 3.05) is 26.2 Å². The number of hydrogen-bond acceptors (Lipinski definition) is 2. The van der Waals surface area contributed by atoms with Gasteiger partial charge in [0.05, 0.1) is 0 Å². The molecule has 6 heteroatoms. The van der Waals surface area contributed by atoms with E-state index in [-0.39, 0.29) is 11.7 Å². The predicted octanol–water partition coefficient (Wildman–Crippen LogP) is 1.37. The van der Waals surface area contributed by atoms with Crippen LogP contribution in [0, 0.1) is 12.7 Å². The molecule has 0 radical (unpaired) electrons. The molecular formula is C16H25FN4O. The minimum atomic E-state index is -0.210. The van der Waals surface area contributed by atoms with Crippen LogP contribution in [0.25, 0.3) is 0 Å². The van der Waals surface area contributed by atoms with Gasteiger partial charge in [0.15, 0.2) is 5.96 Å². The summed E-state index contributed by atoms with van der Waals surface area (Å²) in [5.41, 5.74) is 2.04. The molecule has 122 valence electrons. The molecule has 0 atom stereocenters. The Morgan fingerprint density at radius 3 is 2.59 bits per heavy atom. The topological polar surface area (TPSA) is 65.5 Å². The maximum Gasteiger partial charge on any atom is 0.216 e. The van der Waals surface area contributed by atoms with E-state index in [1.165, 1.54) is 19.1 Å². The van der Waals surface area contributed by atoms with Gasteiger partial charge in [-0.3, -0.25) is 9.79 Å². The van der Waals surface area contributed by atoms with Crippen molar-refractivity contribution in [3.8, 4) is 0 Å². The normalized spacial score (nSPS) is 11.2. The SMILES string of the molecule is CCNC(=NCCc1ccc(F)cc1C)NCCNC(C)=O. The number of hydrogen-bond donors (Lipinski definition) is 3. The lowest BCUT2D eigenvalue weighted by molar-refractivity contribution is -0.118. The maximum absolute atomic E-state index is 13.1. The van der Waals surface area contributed by atoms with Crippen molar-refractivity contribution in [2.45, 2.75) is 27.2 Å². The van der Waals surface area contributed by atoms with Crippen molar-refractivity contribution in [3.63, 3.8) is 0 Å². The van der Waals surface area contributed by atoms with Gasteiger partial charge in [0.25, 0.3) is 0 Å². The molecule has 0 saturated carbocycles. The molecule has 1 aromatic carbocycles. The zero-order valence-electron chi connectivity index (χ0n) is 13.5. The van der Waals surface area contributed by atoms with Gasteiger partial charge >= 0.3 is 0 Å². The van der Waals surface area contributed by atoms with E-state index < -0.39 is 0 Å². The summed E-state index contributed by atoms with van der Waals surface area (Å²) in [6, 6.07) is 4.82. The lowest BCUT2D eigenvalue weighted by Gasteiger charge is -2.11. The van der Waals surface area contributed by atoms with Crippen LogP contribution in [0.3, 0.4) is 0 Å². The Morgan fingerprint density at radius 2 is 1.95 bits per heavy atom. The third-order valence-corrected chi connectivity index (χ3v) is 3.09. The van der Waals surface area contributed by atoms with E-state index >= 15 is 0 Å². The Morgan fingerprint density at radius 1 is 1.23 bits per heavy atom. The summed E-state index contributed by atoms with van der Waals surface area (Å²) in [5, 5.41) is 9.02. The summed E-state index contributed by atoms with van der Waals surface area (Å²) in [6.07, 6.45) is 0.758. The average molecular weight is 308 g/mol. The third kappa shape index (κ3) is 7.06. The van der Waals surface area contributed by atoms with Crippen molar-refractivity contribution < 1.29 is 9.18 Å². The summed E-state index contributed by atoms with van der Waals surface area (Å²) in [7, 11) is 0. The molecule has 0 aliphatic heterocycles. The third-order valence-electron chi connectivity index (χ3n) is 3.09. The highest BCUT2D eigenvalue weighted by Gasteiger charge is 2.01. The van der Waals surface area contributed by atoms with Crippen LogP contribution in [-0.4, -0.2) is 38.0 Å². The van der Waals surface area contributed by atoms with Gasteiger partial charge in [0.1, 0.15) is 5.82 Å². The highest BCUT2D eigenvalue weighted by molar-refractivity contribution is 5.79. The second-order valence-corrected chi connectivity index (χ2v) is 4.99. The number of aryl methyl sites for hydroxylation is 1. The van der Waals surface area contributed by atoms with Crippen molar-refractivity contribution >= 4 is 11.9 Å². The molecule has 0 aliphatic carbocycles. The average Bonchev–Trinajstić information content (AvgIpc) is 2.45. The molecule has 22 heavy (non-hydrogen) atoms. The van der Waals surface area contributed by atoms with Gasteiger partial charge in [-0.05, 0) is 43.5 Å². The molecule has 0 aliphatic rings. The Kier molecular flexibility index (Phi) is 7.96. The van der Waals surface area contributed by atoms with Crippen molar-refractivity contribution in [1.82, 2.24) is 16.0 Å². The van der Waals surface area contributed by atoms with Crippen LogP contribution >= 0.6 is 0 Å². The zero-order chi connectivity index (χ0) is 16.4. The first-order valence-corrected chi connectivity index (χ1v) is 7.54. The lowest BCUT2D eigenvalue weighted by atomic mass is 10.1.